The third kappa shape index (κ3) is 6.58. The number of amides is 1. The van der Waals surface area contributed by atoms with Gasteiger partial charge in [-0.05, 0) is 63.9 Å². The van der Waals surface area contributed by atoms with Crippen molar-refractivity contribution in [3.8, 4) is 5.75 Å². The van der Waals surface area contributed by atoms with Gasteiger partial charge in [0.2, 0.25) is 5.91 Å². The molecule has 8 heteroatoms. The number of piperazine rings is 1. The van der Waals surface area contributed by atoms with Crippen molar-refractivity contribution in [3.05, 3.63) is 18.2 Å². The second-order valence-electron chi connectivity index (χ2n) is 9.17. The van der Waals surface area contributed by atoms with Gasteiger partial charge in [0.15, 0.2) is 5.13 Å². The van der Waals surface area contributed by atoms with Gasteiger partial charge in [0.25, 0.3) is 0 Å². The predicted octanol–water partition coefficient (Wildman–Crippen LogP) is 3.45. The minimum Gasteiger partial charge on any atom is -0.494 e. The van der Waals surface area contributed by atoms with Crippen LogP contribution in [-0.2, 0) is 4.79 Å². The number of rotatable bonds is 10. The number of piperidine rings is 1. The van der Waals surface area contributed by atoms with E-state index in [9.17, 15) is 4.79 Å². The van der Waals surface area contributed by atoms with E-state index in [4.69, 9.17) is 9.72 Å². The predicted molar refractivity (Wildman–Crippen MR) is 137 cm³/mol. The van der Waals surface area contributed by atoms with Gasteiger partial charge >= 0.3 is 0 Å². The van der Waals surface area contributed by atoms with Crippen molar-refractivity contribution >= 4 is 32.6 Å². The Labute approximate surface area is 202 Å². The van der Waals surface area contributed by atoms with Gasteiger partial charge in [-0.25, -0.2) is 4.98 Å². The lowest BCUT2D eigenvalue weighted by Crippen LogP contribution is -2.47. The highest BCUT2D eigenvalue weighted by Gasteiger charge is 2.27. The SMILES string of the molecule is CCCN1CCN(CCCNC(=O)[C@@H]2CCCN(c3nc4ccc(OCC)cc4s3)C2)CC1. The average molecular weight is 474 g/mol. The minimum atomic E-state index is 0.0438. The lowest BCUT2D eigenvalue weighted by Gasteiger charge is -2.34. The quantitative estimate of drug-likeness (QED) is 0.534. The number of hydrogen-bond acceptors (Lipinski definition) is 7. The summed E-state index contributed by atoms with van der Waals surface area (Å²) < 4.78 is 6.76. The zero-order chi connectivity index (χ0) is 23.0. The first kappa shape index (κ1) is 24.2. The van der Waals surface area contributed by atoms with Crippen LogP contribution in [0.15, 0.2) is 18.2 Å². The molecular weight excluding hydrogens is 434 g/mol. The normalized spacial score (nSPS) is 20.3. The molecule has 0 radical (unpaired) electrons. The van der Waals surface area contributed by atoms with E-state index in [-0.39, 0.29) is 11.8 Å². The molecule has 1 aromatic carbocycles. The molecule has 2 saturated heterocycles. The first-order valence-electron chi connectivity index (χ1n) is 12.7. The highest BCUT2D eigenvalue weighted by atomic mass is 32.1. The number of thiazole rings is 1. The third-order valence-corrected chi connectivity index (χ3v) is 7.76. The molecule has 33 heavy (non-hydrogen) atoms. The van der Waals surface area contributed by atoms with E-state index in [1.807, 2.05) is 19.1 Å². The Kier molecular flexibility index (Phi) is 8.81. The summed E-state index contributed by atoms with van der Waals surface area (Å²) in [5.74, 6) is 1.13. The van der Waals surface area contributed by atoms with Crippen LogP contribution >= 0.6 is 11.3 Å². The van der Waals surface area contributed by atoms with E-state index >= 15 is 0 Å². The topological polar surface area (TPSA) is 60.9 Å². The minimum absolute atomic E-state index is 0.0438. The molecule has 2 aromatic rings. The number of fused-ring (bicyclic) bond motifs is 1. The third-order valence-electron chi connectivity index (χ3n) is 6.68. The molecular formula is C25H39N5O2S. The molecule has 1 N–H and O–H groups in total. The number of benzene rings is 1. The fourth-order valence-corrected chi connectivity index (χ4v) is 5.89. The van der Waals surface area contributed by atoms with Crippen molar-refractivity contribution in [2.75, 3.05) is 70.4 Å². The first-order chi connectivity index (χ1) is 16.2. The van der Waals surface area contributed by atoms with E-state index < -0.39 is 0 Å². The van der Waals surface area contributed by atoms with Crippen molar-refractivity contribution < 1.29 is 9.53 Å². The van der Waals surface area contributed by atoms with Crippen LogP contribution in [0, 0.1) is 5.92 Å². The summed E-state index contributed by atoms with van der Waals surface area (Å²) >= 11 is 1.69. The van der Waals surface area contributed by atoms with Gasteiger partial charge in [-0.2, -0.15) is 0 Å². The van der Waals surface area contributed by atoms with Crippen LogP contribution in [0.5, 0.6) is 5.75 Å². The molecule has 0 spiro atoms. The number of nitrogens with zero attached hydrogens (tertiary/aromatic N) is 4. The van der Waals surface area contributed by atoms with Crippen molar-refractivity contribution in [1.29, 1.82) is 0 Å². The Morgan fingerprint density at radius 2 is 1.94 bits per heavy atom. The van der Waals surface area contributed by atoms with E-state index in [1.165, 1.54) is 26.1 Å². The van der Waals surface area contributed by atoms with Crippen LogP contribution in [-0.4, -0.2) is 86.2 Å². The molecule has 2 fully saturated rings. The van der Waals surface area contributed by atoms with Crippen LogP contribution in [0.25, 0.3) is 10.2 Å². The summed E-state index contributed by atoms with van der Waals surface area (Å²) in [6.07, 6.45) is 4.25. The largest absolute Gasteiger partial charge is 0.494 e. The average Bonchev–Trinajstić information content (AvgIpc) is 3.27. The number of carbonyl (C=O) groups is 1. The molecule has 7 nitrogen and oxygen atoms in total. The van der Waals surface area contributed by atoms with Gasteiger partial charge in [0, 0.05) is 45.8 Å². The van der Waals surface area contributed by atoms with Crippen molar-refractivity contribution in [2.45, 2.75) is 39.5 Å². The Morgan fingerprint density at radius 3 is 2.70 bits per heavy atom. The first-order valence-corrected chi connectivity index (χ1v) is 13.5. The van der Waals surface area contributed by atoms with Gasteiger partial charge in [-0.15, -0.1) is 0 Å². The van der Waals surface area contributed by atoms with E-state index in [0.29, 0.717) is 6.61 Å². The second-order valence-corrected chi connectivity index (χ2v) is 10.2. The van der Waals surface area contributed by atoms with Crippen molar-refractivity contribution in [3.63, 3.8) is 0 Å². The monoisotopic (exact) mass is 473 g/mol. The summed E-state index contributed by atoms with van der Waals surface area (Å²) in [5, 5.41) is 4.22. The summed E-state index contributed by atoms with van der Waals surface area (Å²) in [4.78, 5) is 25.0. The zero-order valence-electron chi connectivity index (χ0n) is 20.2. The molecule has 0 bridgehead atoms. The Hall–Kier alpha value is -1.90. The molecule has 182 valence electrons. The lowest BCUT2D eigenvalue weighted by atomic mass is 9.97. The molecule has 0 unspecified atom stereocenters. The smallest absolute Gasteiger partial charge is 0.224 e. The second kappa shape index (κ2) is 12.0. The van der Waals surface area contributed by atoms with Gasteiger partial charge in [0.05, 0.1) is 22.7 Å². The maximum absolute atomic E-state index is 12.8. The summed E-state index contributed by atoms with van der Waals surface area (Å²) in [5.41, 5.74) is 1.00. The summed E-state index contributed by atoms with van der Waals surface area (Å²) in [6, 6.07) is 6.07. The van der Waals surface area contributed by atoms with E-state index in [0.717, 1.165) is 79.6 Å². The highest BCUT2D eigenvalue weighted by Crippen LogP contribution is 2.33. The molecule has 2 aliphatic rings. The molecule has 3 heterocycles. The molecule has 0 saturated carbocycles. The lowest BCUT2D eigenvalue weighted by molar-refractivity contribution is -0.125. The molecule has 1 amide bonds. The fraction of sp³-hybridized carbons (Fsp3) is 0.680. The molecule has 4 rings (SSSR count). The number of hydrogen-bond donors (Lipinski definition) is 1. The molecule has 0 aliphatic carbocycles. The van der Waals surface area contributed by atoms with Crippen LogP contribution < -0.4 is 15.0 Å². The summed E-state index contributed by atoms with van der Waals surface area (Å²) in [6.45, 7) is 14.3. The van der Waals surface area contributed by atoms with Crippen LogP contribution in [0.4, 0.5) is 5.13 Å². The van der Waals surface area contributed by atoms with Gasteiger partial charge < -0.3 is 24.8 Å². The molecule has 2 aliphatic heterocycles. The Bertz CT molecular complexity index is 896. The summed E-state index contributed by atoms with van der Waals surface area (Å²) in [7, 11) is 0. The Morgan fingerprint density at radius 1 is 1.15 bits per heavy atom. The highest BCUT2D eigenvalue weighted by molar-refractivity contribution is 7.22. The van der Waals surface area contributed by atoms with Crippen LogP contribution in [0.2, 0.25) is 0 Å². The van der Waals surface area contributed by atoms with E-state index in [1.54, 1.807) is 11.3 Å². The van der Waals surface area contributed by atoms with E-state index in [2.05, 4.69) is 33.0 Å². The number of carbonyl (C=O) groups excluding carboxylic acids is 1. The van der Waals surface area contributed by atoms with Crippen molar-refractivity contribution in [1.82, 2.24) is 20.1 Å². The molecule has 1 atom stereocenters. The van der Waals surface area contributed by atoms with Crippen LogP contribution in [0.3, 0.4) is 0 Å². The Balaban J connectivity index is 1.21. The zero-order valence-corrected chi connectivity index (χ0v) is 21.0. The van der Waals surface area contributed by atoms with Gasteiger partial charge in [-0.3, -0.25) is 4.79 Å². The van der Waals surface area contributed by atoms with Gasteiger partial charge in [0.1, 0.15) is 5.75 Å². The maximum Gasteiger partial charge on any atom is 0.224 e. The van der Waals surface area contributed by atoms with Crippen LogP contribution in [0.1, 0.15) is 39.5 Å². The maximum atomic E-state index is 12.8. The number of ether oxygens (including phenoxy) is 1. The standard InChI is InChI=1S/C25H39N5O2S/c1-3-11-28-14-16-29(17-15-28)12-6-10-26-24(31)20-7-5-13-30(19-20)25-27-22-9-8-21(32-4-2)18-23(22)33-25/h8-9,18,20H,3-7,10-17,19H2,1-2H3,(H,26,31)/t20-/m1/s1. The fourth-order valence-electron chi connectivity index (χ4n) is 4.86. The van der Waals surface area contributed by atoms with Gasteiger partial charge in [-0.1, -0.05) is 18.3 Å². The number of aromatic nitrogens is 1. The number of nitrogens with one attached hydrogen (secondary N) is 1. The number of anilines is 1. The van der Waals surface area contributed by atoms with Crippen molar-refractivity contribution in [2.24, 2.45) is 5.92 Å². The molecule has 1 aromatic heterocycles.